The molecule has 0 bridgehead atoms. The summed E-state index contributed by atoms with van der Waals surface area (Å²) in [5.74, 6) is 1.17. The lowest BCUT2D eigenvalue weighted by Crippen LogP contribution is -2.46. The summed E-state index contributed by atoms with van der Waals surface area (Å²) in [6, 6.07) is 8.62. The Kier molecular flexibility index (Phi) is 5.24. The predicted octanol–water partition coefficient (Wildman–Crippen LogP) is 2.78. The molecule has 1 aliphatic rings. The summed E-state index contributed by atoms with van der Waals surface area (Å²) in [7, 11) is 2.02. The molecule has 3 heterocycles. The van der Waals surface area contributed by atoms with Gasteiger partial charge in [0.15, 0.2) is 5.78 Å². The van der Waals surface area contributed by atoms with Crippen LogP contribution in [0.5, 0.6) is 0 Å². The summed E-state index contributed by atoms with van der Waals surface area (Å²) in [6.07, 6.45) is 4.11. The topological polar surface area (TPSA) is 60.3 Å². The second kappa shape index (κ2) is 7.81. The number of Topliss-reactive ketones (excluding diaryl/α,β-unsaturated/α-hetero) is 1. The highest BCUT2D eigenvalue weighted by Crippen LogP contribution is 2.25. The molecule has 0 aliphatic carbocycles. The van der Waals surface area contributed by atoms with E-state index in [2.05, 4.69) is 44.6 Å². The van der Waals surface area contributed by atoms with E-state index in [0.29, 0.717) is 26.2 Å². The van der Waals surface area contributed by atoms with E-state index < -0.39 is 0 Å². The summed E-state index contributed by atoms with van der Waals surface area (Å²) in [5, 5.41) is 2.16. The fourth-order valence-corrected chi connectivity index (χ4v) is 3.69. The van der Waals surface area contributed by atoms with Gasteiger partial charge < -0.3 is 9.30 Å². The number of aryl methyl sites for hydroxylation is 1. The Balaban J connectivity index is 1.53. The van der Waals surface area contributed by atoms with Gasteiger partial charge in [-0.1, -0.05) is 12.1 Å². The highest BCUT2D eigenvalue weighted by Gasteiger charge is 2.21. The Labute approximate surface area is 165 Å². The van der Waals surface area contributed by atoms with E-state index in [1.165, 1.54) is 0 Å². The molecule has 146 valence electrons. The molecule has 4 rings (SSSR count). The molecule has 6 nitrogen and oxygen atoms in total. The SMILES string of the molecule is Cc1ncc(-c2ccc3cnc(CC(=O)CN4CCOC[C@H]4C)cc3c2)n1C. The van der Waals surface area contributed by atoms with Crippen molar-refractivity contribution in [2.24, 2.45) is 7.05 Å². The quantitative estimate of drug-likeness (QED) is 0.683. The van der Waals surface area contributed by atoms with Crippen LogP contribution in [0.2, 0.25) is 0 Å². The average Bonchev–Trinajstić information content (AvgIpc) is 3.02. The number of ether oxygens (including phenoxy) is 1. The predicted molar refractivity (Wildman–Crippen MR) is 109 cm³/mol. The summed E-state index contributed by atoms with van der Waals surface area (Å²) in [5.41, 5.74) is 3.01. The summed E-state index contributed by atoms with van der Waals surface area (Å²) in [4.78, 5) is 23.6. The molecule has 0 spiro atoms. The lowest BCUT2D eigenvalue weighted by molar-refractivity contribution is -0.121. The fraction of sp³-hybridized carbons (Fsp3) is 0.409. The molecule has 28 heavy (non-hydrogen) atoms. The molecular formula is C22H26N4O2. The normalized spacial score (nSPS) is 17.9. The molecule has 0 N–H and O–H groups in total. The lowest BCUT2D eigenvalue weighted by Gasteiger charge is -2.32. The lowest BCUT2D eigenvalue weighted by atomic mass is 10.0. The van der Waals surface area contributed by atoms with Gasteiger partial charge in [-0.05, 0) is 31.4 Å². The molecule has 1 fully saturated rings. The van der Waals surface area contributed by atoms with Crippen LogP contribution >= 0.6 is 0 Å². The van der Waals surface area contributed by atoms with Crippen LogP contribution in [0.15, 0.2) is 36.7 Å². The largest absolute Gasteiger partial charge is 0.379 e. The van der Waals surface area contributed by atoms with Crippen molar-refractivity contribution >= 4 is 16.6 Å². The van der Waals surface area contributed by atoms with Crippen LogP contribution in [0.4, 0.5) is 0 Å². The molecule has 6 heteroatoms. The molecule has 0 radical (unpaired) electrons. The van der Waals surface area contributed by atoms with Gasteiger partial charge in [0.2, 0.25) is 0 Å². The molecule has 0 saturated carbocycles. The van der Waals surface area contributed by atoms with Crippen LogP contribution in [-0.2, 0) is 23.0 Å². The van der Waals surface area contributed by atoms with Crippen molar-refractivity contribution in [1.82, 2.24) is 19.4 Å². The third-order valence-corrected chi connectivity index (χ3v) is 5.56. The number of imidazole rings is 1. The summed E-state index contributed by atoms with van der Waals surface area (Å²) < 4.78 is 7.53. The maximum absolute atomic E-state index is 12.6. The number of hydrogen-bond donors (Lipinski definition) is 0. The zero-order valence-electron chi connectivity index (χ0n) is 16.7. The van der Waals surface area contributed by atoms with E-state index in [4.69, 9.17) is 4.74 Å². The molecule has 1 atom stereocenters. The number of rotatable bonds is 5. The maximum Gasteiger partial charge on any atom is 0.152 e. The highest BCUT2D eigenvalue weighted by molar-refractivity contribution is 5.88. The van der Waals surface area contributed by atoms with Crippen molar-refractivity contribution < 1.29 is 9.53 Å². The molecule has 1 aliphatic heterocycles. The zero-order chi connectivity index (χ0) is 19.7. The van der Waals surface area contributed by atoms with Gasteiger partial charge in [-0.3, -0.25) is 14.7 Å². The number of nitrogens with zero attached hydrogens (tertiary/aromatic N) is 4. The van der Waals surface area contributed by atoms with Gasteiger partial charge in [-0.2, -0.15) is 0 Å². The zero-order valence-corrected chi connectivity index (χ0v) is 16.7. The third kappa shape index (κ3) is 3.84. The van der Waals surface area contributed by atoms with Gasteiger partial charge >= 0.3 is 0 Å². The first-order valence-corrected chi connectivity index (χ1v) is 9.72. The van der Waals surface area contributed by atoms with Gasteiger partial charge in [-0.15, -0.1) is 0 Å². The van der Waals surface area contributed by atoms with Crippen molar-refractivity contribution in [3.05, 3.63) is 48.2 Å². The summed E-state index contributed by atoms with van der Waals surface area (Å²) in [6.45, 7) is 6.75. The Morgan fingerprint density at radius 1 is 1.21 bits per heavy atom. The molecule has 0 amide bonds. The van der Waals surface area contributed by atoms with Gasteiger partial charge in [0, 0.05) is 42.5 Å². The molecule has 3 aromatic rings. The highest BCUT2D eigenvalue weighted by atomic mass is 16.5. The van der Waals surface area contributed by atoms with Crippen LogP contribution in [-0.4, -0.2) is 57.6 Å². The number of carbonyl (C=O) groups excluding carboxylic acids is 1. The average molecular weight is 378 g/mol. The first-order valence-electron chi connectivity index (χ1n) is 9.72. The van der Waals surface area contributed by atoms with Crippen LogP contribution in [0.1, 0.15) is 18.4 Å². The van der Waals surface area contributed by atoms with Crippen molar-refractivity contribution in [3.63, 3.8) is 0 Å². The minimum Gasteiger partial charge on any atom is -0.379 e. The number of aromatic nitrogens is 3. The Bertz CT molecular complexity index is 1010. The summed E-state index contributed by atoms with van der Waals surface area (Å²) >= 11 is 0. The van der Waals surface area contributed by atoms with Gasteiger partial charge in [0.1, 0.15) is 5.82 Å². The van der Waals surface area contributed by atoms with Crippen LogP contribution in [0.3, 0.4) is 0 Å². The Hall–Kier alpha value is -2.57. The van der Waals surface area contributed by atoms with Crippen molar-refractivity contribution in [2.45, 2.75) is 26.3 Å². The second-order valence-corrected chi connectivity index (χ2v) is 7.60. The first-order chi connectivity index (χ1) is 13.5. The van der Waals surface area contributed by atoms with Gasteiger partial charge in [0.05, 0.1) is 38.1 Å². The van der Waals surface area contributed by atoms with E-state index >= 15 is 0 Å². The molecular weight excluding hydrogens is 352 g/mol. The van der Waals surface area contributed by atoms with E-state index in [-0.39, 0.29) is 11.8 Å². The van der Waals surface area contributed by atoms with Crippen LogP contribution in [0.25, 0.3) is 22.0 Å². The van der Waals surface area contributed by atoms with Crippen molar-refractivity contribution in [1.29, 1.82) is 0 Å². The minimum atomic E-state index is 0.194. The van der Waals surface area contributed by atoms with Crippen molar-refractivity contribution in [3.8, 4) is 11.3 Å². The third-order valence-electron chi connectivity index (χ3n) is 5.56. The number of benzene rings is 1. The standard InChI is InChI=1S/C22H26N4O2/c1-15-14-28-7-6-26(15)13-21(27)10-20-9-19-8-17(4-5-18(19)11-24-20)22-12-23-16(2)25(22)3/h4-5,8-9,11-12,15H,6-7,10,13-14H2,1-3H3/t15-/m1/s1. The van der Waals surface area contributed by atoms with Crippen molar-refractivity contribution in [2.75, 3.05) is 26.3 Å². The molecule has 1 saturated heterocycles. The van der Waals surface area contributed by atoms with Gasteiger partial charge in [0.25, 0.3) is 0 Å². The number of ketones is 1. The van der Waals surface area contributed by atoms with Crippen LogP contribution in [0, 0.1) is 6.92 Å². The minimum absolute atomic E-state index is 0.194. The van der Waals surface area contributed by atoms with Gasteiger partial charge in [-0.25, -0.2) is 4.98 Å². The Morgan fingerprint density at radius 2 is 2.07 bits per heavy atom. The molecule has 0 unspecified atom stereocenters. The second-order valence-electron chi connectivity index (χ2n) is 7.60. The number of carbonyl (C=O) groups is 1. The van der Waals surface area contributed by atoms with E-state index in [0.717, 1.165) is 40.1 Å². The smallest absolute Gasteiger partial charge is 0.152 e. The van der Waals surface area contributed by atoms with E-state index in [1.807, 2.05) is 32.4 Å². The maximum atomic E-state index is 12.6. The molecule has 1 aromatic carbocycles. The van der Waals surface area contributed by atoms with E-state index in [1.54, 1.807) is 0 Å². The number of pyridine rings is 1. The molecule has 2 aromatic heterocycles. The Morgan fingerprint density at radius 3 is 2.82 bits per heavy atom. The number of morpholine rings is 1. The van der Waals surface area contributed by atoms with E-state index in [9.17, 15) is 4.79 Å². The first kappa shape index (κ1) is 18.8. The number of hydrogen-bond acceptors (Lipinski definition) is 5. The monoisotopic (exact) mass is 378 g/mol. The van der Waals surface area contributed by atoms with Crippen LogP contribution < -0.4 is 0 Å². The fourth-order valence-electron chi connectivity index (χ4n) is 3.69. The number of fused-ring (bicyclic) bond motifs is 1.